The van der Waals surface area contributed by atoms with Gasteiger partial charge in [0.05, 0.1) is 31.1 Å². The molecule has 25 heavy (non-hydrogen) atoms. The molecule has 1 atom stereocenters. The lowest BCUT2D eigenvalue weighted by atomic mass is 10.2. The highest BCUT2D eigenvalue weighted by atomic mass is 16.5. The zero-order valence-electron chi connectivity index (χ0n) is 15.0. The summed E-state index contributed by atoms with van der Waals surface area (Å²) in [6.45, 7) is 3.73. The topological polar surface area (TPSA) is 76.2 Å². The number of nitrogens with zero attached hydrogens (tertiary/aromatic N) is 1. The summed E-state index contributed by atoms with van der Waals surface area (Å²) in [4.78, 5) is 19.9. The molecule has 1 aromatic carbocycles. The van der Waals surface area contributed by atoms with Gasteiger partial charge < -0.3 is 19.8 Å². The smallest absolute Gasteiger partial charge is 0.220 e. The van der Waals surface area contributed by atoms with E-state index in [1.165, 1.54) is 0 Å². The molecule has 6 nitrogen and oxygen atoms in total. The van der Waals surface area contributed by atoms with Crippen molar-refractivity contribution in [2.45, 2.75) is 32.2 Å². The SMILES string of the molecule is CC[C@H](NC(=O)CCCOCCOC)c1ncc(-c2ccccc2)[nH]1. The molecule has 0 aliphatic heterocycles. The Morgan fingerprint density at radius 1 is 1.24 bits per heavy atom. The Bertz CT molecular complexity index is 628. The van der Waals surface area contributed by atoms with Gasteiger partial charge >= 0.3 is 0 Å². The van der Waals surface area contributed by atoms with Crippen LogP contribution in [0, 0.1) is 0 Å². The second-order valence-corrected chi connectivity index (χ2v) is 5.79. The summed E-state index contributed by atoms with van der Waals surface area (Å²) in [6.07, 6.45) is 3.72. The summed E-state index contributed by atoms with van der Waals surface area (Å²) in [5, 5.41) is 3.04. The summed E-state index contributed by atoms with van der Waals surface area (Å²) in [6, 6.07) is 9.91. The lowest BCUT2D eigenvalue weighted by Crippen LogP contribution is -2.28. The Morgan fingerprint density at radius 2 is 2.04 bits per heavy atom. The number of hydrogen-bond acceptors (Lipinski definition) is 4. The van der Waals surface area contributed by atoms with E-state index in [-0.39, 0.29) is 11.9 Å². The third kappa shape index (κ3) is 6.32. The number of rotatable bonds is 11. The van der Waals surface area contributed by atoms with Crippen molar-refractivity contribution in [2.75, 3.05) is 26.9 Å². The molecule has 0 unspecified atom stereocenters. The van der Waals surface area contributed by atoms with Crippen LogP contribution < -0.4 is 5.32 Å². The molecular weight excluding hydrogens is 318 g/mol. The molecule has 0 saturated carbocycles. The molecule has 2 aromatic rings. The highest BCUT2D eigenvalue weighted by Crippen LogP contribution is 2.20. The Kier molecular flexibility index (Phi) is 8.15. The van der Waals surface area contributed by atoms with Gasteiger partial charge in [0.1, 0.15) is 5.82 Å². The van der Waals surface area contributed by atoms with Crippen molar-refractivity contribution in [3.05, 3.63) is 42.4 Å². The van der Waals surface area contributed by atoms with E-state index >= 15 is 0 Å². The minimum absolute atomic E-state index is 0.0138. The maximum absolute atomic E-state index is 12.1. The fraction of sp³-hybridized carbons (Fsp3) is 0.474. The number of aromatic amines is 1. The molecule has 6 heteroatoms. The molecular formula is C19H27N3O3. The van der Waals surface area contributed by atoms with Gasteiger partial charge in [-0.1, -0.05) is 37.3 Å². The third-order valence-corrected chi connectivity index (χ3v) is 3.88. The number of amides is 1. The number of carbonyl (C=O) groups excluding carboxylic acids is 1. The molecule has 136 valence electrons. The summed E-state index contributed by atoms with van der Waals surface area (Å²) in [5.74, 6) is 0.797. The first-order valence-electron chi connectivity index (χ1n) is 8.71. The molecule has 0 spiro atoms. The minimum atomic E-state index is -0.112. The van der Waals surface area contributed by atoms with Gasteiger partial charge in [-0.05, 0) is 18.4 Å². The summed E-state index contributed by atoms with van der Waals surface area (Å²) in [5.41, 5.74) is 2.03. The van der Waals surface area contributed by atoms with Crippen LogP contribution in [0.5, 0.6) is 0 Å². The van der Waals surface area contributed by atoms with Crippen molar-refractivity contribution < 1.29 is 14.3 Å². The van der Waals surface area contributed by atoms with Crippen LogP contribution in [0.15, 0.2) is 36.5 Å². The van der Waals surface area contributed by atoms with E-state index in [0.29, 0.717) is 32.7 Å². The van der Waals surface area contributed by atoms with Crippen LogP contribution in [0.3, 0.4) is 0 Å². The van der Waals surface area contributed by atoms with Crippen molar-refractivity contribution in [2.24, 2.45) is 0 Å². The van der Waals surface area contributed by atoms with Gasteiger partial charge in [-0.2, -0.15) is 0 Å². The highest BCUT2D eigenvalue weighted by molar-refractivity contribution is 5.76. The van der Waals surface area contributed by atoms with Crippen LogP contribution in [-0.2, 0) is 14.3 Å². The second-order valence-electron chi connectivity index (χ2n) is 5.79. The summed E-state index contributed by atoms with van der Waals surface area (Å²) < 4.78 is 10.3. The van der Waals surface area contributed by atoms with E-state index in [0.717, 1.165) is 23.5 Å². The fourth-order valence-electron chi connectivity index (χ4n) is 2.49. The van der Waals surface area contributed by atoms with Crippen LogP contribution >= 0.6 is 0 Å². The van der Waals surface area contributed by atoms with Crippen molar-refractivity contribution >= 4 is 5.91 Å². The van der Waals surface area contributed by atoms with E-state index in [1.54, 1.807) is 7.11 Å². The number of nitrogens with one attached hydrogen (secondary N) is 2. The van der Waals surface area contributed by atoms with Crippen LogP contribution in [0.1, 0.15) is 38.1 Å². The van der Waals surface area contributed by atoms with E-state index in [4.69, 9.17) is 9.47 Å². The van der Waals surface area contributed by atoms with Crippen molar-refractivity contribution in [1.29, 1.82) is 0 Å². The molecule has 1 heterocycles. The van der Waals surface area contributed by atoms with Crippen LogP contribution in [0.4, 0.5) is 0 Å². The fourth-order valence-corrected chi connectivity index (χ4v) is 2.49. The standard InChI is InChI=1S/C19H27N3O3/c1-3-16(21-18(23)10-7-11-25-13-12-24-2)19-20-14-17(22-19)15-8-5-4-6-9-15/h4-6,8-9,14,16H,3,7,10-13H2,1-2H3,(H,20,22)(H,21,23)/t16-/m0/s1. The van der Waals surface area contributed by atoms with Gasteiger partial charge in [0.2, 0.25) is 5.91 Å². The largest absolute Gasteiger partial charge is 0.382 e. The van der Waals surface area contributed by atoms with Gasteiger partial charge in [0.15, 0.2) is 0 Å². The van der Waals surface area contributed by atoms with Gasteiger partial charge in [-0.25, -0.2) is 4.98 Å². The monoisotopic (exact) mass is 345 g/mol. The molecule has 0 aliphatic carbocycles. The van der Waals surface area contributed by atoms with E-state index in [9.17, 15) is 4.79 Å². The van der Waals surface area contributed by atoms with E-state index < -0.39 is 0 Å². The van der Waals surface area contributed by atoms with E-state index in [2.05, 4.69) is 15.3 Å². The summed E-state index contributed by atoms with van der Waals surface area (Å²) in [7, 11) is 1.64. The predicted octanol–water partition coefficient (Wildman–Crippen LogP) is 3.09. The van der Waals surface area contributed by atoms with Gasteiger partial charge in [-0.3, -0.25) is 4.79 Å². The molecule has 0 saturated heterocycles. The number of hydrogen-bond donors (Lipinski definition) is 2. The maximum atomic E-state index is 12.1. The van der Waals surface area contributed by atoms with Crippen LogP contribution in [0.25, 0.3) is 11.3 Å². The van der Waals surface area contributed by atoms with Crippen LogP contribution in [0.2, 0.25) is 0 Å². The third-order valence-electron chi connectivity index (χ3n) is 3.88. The van der Waals surface area contributed by atoms with Crippen molar-refractivity contribution in [3.8, 4) is 11.3 Å². The zero-order chi connectivity index (χ0) is 17.9. The second kappa shape index (κ2) is 10.6. The number of benzene rings is 1. The first-order chi connectivity index (χ1) is 12.2. The predicted molar refractivity (Wildman–Crippen MR) is 97.1 cm³/mol. The van der Waals surface area contributed by atoms with Gasteiger partial charge in [-0.15, -0.1) is 0 Å². The Morgan fingerprint density at radius 3 is 2.76 bits per heavy atom. The molecule has 2 N–H and O–H groups in total. The van der Waals surface area contributed by atoms with Crippen LogP contribution in [-0.4, -0.2) is 42.8 Å². The minimum Gasteiger partial charge on any atom is -0.382 e. The van der Waals surface area contributed by atoms with Gasteiger partial charge in [0.25, 0.3) is 0 Å². The lowest BCUT2D eigenvalue weighted by Gasteiger charge is -2.14. The molecule has 0 fully saturated rings. The number of methoxy groups -OCH3 is 1. The number of imidazole rings is 1. The van der Waals surface area contributed by atoms with Gasteiger partial charge in [0, 0.05) is 20.1 Å². The maximum Gasteiger partial charge on any atom is 0.220 e. The first-order valence-corrected chi connectivity index (χ1v) is 8.71. The first kappa shape index (κ1) is 19.1. The number of aromatic nitrogens is 2. The molecule has 2 rings (SSSR count). The highest BCUT2D eigenvalue weighted by Gasteiger charge is 2.16. The molecule has 0 aliphatic rings. The molecule has 0 radical (unpaired) electrons. The quantitative estimate of drug-likeness (QED) is 0.614. The van der Waals surface area contributed by atoms with Crippen molar-refractivity contribution in [3.63, 3.8) is 0 Å². The molecule has 1 aromatic heterocycles. The van der Waals surface area contributed by atoms with Crippen molar-refractivity contribution in [1.82, 2.24) is 15.3 Å². The Labute approximate surface area is 149 Å². The van der Waals surface area contributed by atoms with E-state index in [1.807, 2.05) is 43.5 Å². The molecule has 0 bridgehead atoms. The molecule has 1 amide bonds. The number of ether oxygens (including phenoxy) is 2. The zero-order valence-corrected chi connectivity index (χ0v) is 15.0. The number of carbonyl (C=O) groups is 1. The number of H-pyrrole nitrogens is 1. The Balaban J connectivity index is 1.81. The average molecular weight is 345 g/mol. The summed E-state index contributed by atoms with van der Waals surface area (Å²) >= 11 is 0. The normalized spacial score (nSPS) is 12.1. The lowest BCUT2D eigenvalue weighted by molar-refractivity contribution is -0.122. The average Bonchev–Trinajstić information content (AvgIpc) is 3.13. The Hall–Kier alpha value is -2.18.